The molecular formula is C21H21F3N2O3. The molecule has 0 saturated carbocycles. The van der Waals surface area contributed by atoms with Crippen LogP contribution in [0.5, 0.6) is 5.75 Å². The highest BCUT2D eigenvalue weighted by Crippen LogP contribution is 2.18. The molecule has 0 saturated heterocycles. The van der Waals surface area contributed by atoms with Gasteiger partial charge in [-0.15, -0.1) is 0 Å². The average molecular weight is 406 g/mol. The first-order chi connectivity index (χ1) is 13.8. The molecule has 5 nitrogen and oxygen atoms in total. The maximum Gasteiger partial charge on any atom is 0.405 e. The standard InChI is InChI=1S/C21H21F3N2O3/c1-2-13-29-16-10-7-15(8-11-16)9-12-19(27)26-18-6-4-3-5-17(18)20(28)25-14-21(22,23)24/h3-12H,2,13-14H2,1H3,(H,25,28)(H,26,27). The summed E-state index contributed by atoms with van der Waals surface area (Å²) in [5.74, 6) is -0.718. The Hall–Kier alpha value is -3.29. The molecule has 0 atom stereocenters. The maximum absolute atomic E-state index is 12.3. The van der Waals surface area contributed by atoms with Crippen molar-refractivity contribution in [3.63, 3.8) is 0 Å². The smallest absolute Gasteiger partial charge is 0.405 e. The molecule has 8 heteroatoms. The molecule has 0 aliphatic rings. The minimum absolute atomic E-state index is 0.0593. The zero-order valence-corrected chi connectivity index (χ0v) is 15.8. The molecule has 2 amide bonds. The SMILES string of the molecule is CCCOc1ccc(C=CC(=O)Nc2ccccc2C(=O)NCC(F)(F)F)cc1. The first kappa shape index (κ1) is 22.0. The largest absolute Gasteiger partial charge is 0.494 e. The number of para-hydroxylation sites is 1. The van der Waals surface area contributed by atoms with Gasteiger partial charge in [0, 0.05) is 6.08 Å². The second-order valence-electron chi connectivity index (χ2n) is 6.08. The molecule has 29 heavy (non-hydrogen) atoms. The summed E-state index contributed by atoms with van der Waals surface area (Å²) in [6, 6.07) is 13.0. The normalized spacial score (nSPS) is 11.3. The van der Waals surface area contributed by atoms with Crippen molar-refractivity contribution >= 4 is 23.6 Å². The van der Waals surface area contributed by atoms with Crippen LogP contribution in [-0.4, -0.2) is 31.1 Å². The molecule has 0 aromatic heterocycles. The summed E-state index contributed by atoms with van der Waals surface area (Å²) >= 11 is 0. The third-order valence-corrected chi connectivity index (χ3v) is 3.66. The molecule has 0 fully saturated rings. The van der Waals surface area contributed by atoms with E-state index in [1.807, 2.05) is 6.92 Å². The zero-order valence-electron chi connectivity index (χ0n) is 15.8. The van der Waals surface area contributed by atoms with E-state index in [2.05, 4.69) is 5.32 Å². The Balaban J connectivity index is 2.00. The number of halogens is 3. The van der Waals surface area contributed by atoms with Crippen molar-refractivity contribution in [1.29, 1.82) is 0 Å². The number of carbonyl (C=O) groups is 2. The lowest BCUT2D eigenvalue weighted by atomic mass is 10.1. The number of rotatable bonds is 8. The van der Waals surface area contributed by atoms with Crippen LogP contribution in [0.4, 0.5) is 18.9 Å². The lowest BCUT2D eigenvalue weighted by Crippen LogP contribution is -2.34. The van der Waals surface area contributed by atoms with E-state index < -0.39 is 24.5 Å². The molecule has 0 aliphatic carbocycles. The number of carbonyl (C=O) groups excluding carboxylic acids is 2. The Kier molecular flexibility index (Phi) is 7.82. The van der Waals surface area contributed by atoms with E-state index in [-0.39, 0.29) is 11.3 Å². The van der Waals surface area contributed by atoms with Gasteiger partial charge in [0.15, 0.2) is 0 Å². The minimum Gasteiger partial charge on any atom is -0.494 e. The molecule has 0 bridgehead atoms. The van der Waals surface area contributed by atoms with E-state index in [4.69, 9.17) is 4.74 Å². The van der Waals surface area contributed by atoms with Crippen molar-refractivity contribution in [1.82, 2.24) is 5.32 Å². The van der Waals surface area contributed by atoms with Gasteiger partial charge in [-0.1, -0.05) is 31.2 Å². The number of anilines is 1. The predicted octanol–water partition coefficient (Wildman–Crippen LogP) is 4.42. The van der Waals surface area contributed by atoms with Crippen molar-refractivity contribution in [3.8, 4) is 5.75 Å². The zero-order chi connectivity index (χ0) is 21.3. The number of hydrogen-bond donors (Lipinski definition) is 2. The molecule has 0 heterocycles. The van der Waals surface area contributed by atoms with Crippen LogP contribution < -0.4 is 15.4 Å². The van der Waals surface area contributed by atoms with Gasteiger partial charge < -0.3 is 15.4 Å². The van der Waals surface area contributed by atoms with Crippen LogP contribution in [0.3, 0.4) is 0 Å². The molecule has 2 aromatic rings. The number of ether oxygens (including phenoxy) is 1. The van der Waals surface area contributed by atoms with Crippen LogP contribution in [0.15, 0.2) is 54.6 Å². The Labute approximate surface area is 166 Å². The Bertz CT molecular complexity index is 862. The van der Waals surface area contributed by atoms with Crippen molar-refractivity contribution in [3.05, 3.63) is 65.7 Å². The number of alkyl halides is 3. The Morgan fingerprint density at radius 3 is 2.41 bits per heavy atom. The van der Waals surface area contributed by atoms with E-state index >= 15 is 0 Å². The first-order valence-electron chi connectivity index (χ1n) is 8.94. The number of benzene rings is 2. The molecular weight excluding hydrogens is 385 g/mol. The summed E-state index contributed by atoms with van der Waals surface area (Å²) in [6.07, 6.45) is -0.775. The van der Waals surface area contributed by atoms with E-state index in [1.165, 1.54) is 24.3 Å². The monoisotopic (exact) mass is 406 g/mol. The van der Waals surface area contributed by atoms with Gasteiger partial charge in [-0.3, -0.25) is 9.59 Å². The van der Waals surface area contributed by atoms with Gasteiger partial charge in [-0.05, 0) is 42.3 Å². The summed E-state index contributed by atoms with van der Waals surface area (Å²) < 4.78 is 42.3. The number of nitrogens with one attached hydrogen (secondary N) is 2. The van der Waals surface area contributed by atoms with Crippen molar-refractivity contribution < 1.29 is 27.5 Å². The van der Waals surface area contributed by atoms with Crippen LogP contribution in [0.1, 0.15) is 29.3 Å². The van der Waals surface area contributed by atoms with E-state index in [9.17, 15) is 22.8 Å². The second kappa shape index (κ2) is 10.3. The lowest BCUT2D eigenvalue weighted by Gasteiger charge is -2.11. The fourth-order valence-corrected chi connectivity index (χ4v) is 2.31. The van der Waals surface area contributed by atoms with Crippen LogP contribution in [0.25, 0.3) is 6.08 Å². The van der Waals surface area contributed by atoms with Crippen LogP contribution >= 0.6 is 0 Å². The van der Waals surface area contributed by atoms with Gasteiger partial charge in [0.05, 0.1) is 17.9 Å². The highest BCUT2D eigenvalue weighted by molar-refractivity contribution is 6.07. The Morgan fingerprint density at radius 2 is 1.76 bits per heavy atom. The Morgan fingerprint density at radius 1 is 1.07 bits per heavy atom. The summed E-state index contributed by atoms with van der Waals surface area (Å²) in [6.45, 7) is 1.17. The van der Waals surface area contributed by atoms with Crippen molar-refractivity contribution in [2.45, 2.75) is 19.5 Å². The van der Waals surface area contributed by atoms with Gasteiger partial charge in [0.25, 0.3) is 5.91 Å². The summed E-state index contributed by atoms with van der Waals surface area (Å²) in [5.41, 5.74) is 0.821. The molecule has 2 aromatic carbocycles. The van der Waals surface area contributed by atoms with Gasteiger partial charge in [-0.25, -0.2) is 0 Å². The van der Waals surface area contributed by atoms with Crippen molar-refractivity contribution in [2.75, 3.05) is 18.5 Å². The minimum atomic E-state index is -4.52. The third-order valence-electron chi connectivity index (χ3n) is 3.66. The quantitative estimate of drug-likeness (QED) is 0.638. The summed E-state index contributed by atoms with van der Waals surface area (Å²) in [5, 5.41) is 4.29. The van der Waals surface area contributed by atoms with Crippen LogP contribution in [0.2, 0.25) is 0 Å². The lowest BCUT2D eigenvalue weighted by molar-refractivity contribution is -0.123. The molecule has 0 radical (unpaired) electrons. The predicted molar refractivity (Wildman–Crippen MR) is 105 cm³/mol. The number of amides is 2. The molecule has 0 unspecified atom stereocenters. The molecule has 0 aliphatic heterocycles. The molecule has 0 spiro atoms. The topological polar surface area (TPSA) is 67.4 Å². The summed E-state index contributed by atoms with van der Waals surface area (Å²) in [4.78, 5) is 24.1. The molecule has 2 rings (SSSR count). The highest BCUT2D eigenvalue weighted by atomic mass is 19.4. The fourth-order valence-electron chi connectivity index (χ4n) is 2.31. The second-order valence-corrected chi connectivity index (χ2v) is 6.08. The van der Waals surface area contributed by atoms with E-state index in [0.29, 0.717) is 6.61 Å². The highest BCUT2D eigenvalue weighted by Gasteiger charge is 2.28. The van der Waals surface area contributed by atoms with Gasteiger partial charge in [0.2, 0.25) is 5.91 Å². The summed E-state index contributed by atoms with van der Waals surface area (Å²) in [7, 11) is 0. The number of hydrogen-bond acceptors (Lipinski definition) is 3. The molecule has 154 valence electrons. The van der Waals surface area contributed by atoms with Crippen LogP contribution in [-0.2, 0) is 4.79 Å². The first-order valence-corrected chi connectivity index (χ1v) is 8.94. The van der Waals surface area contributed by atoms with Gasteiger partial charge in [0.1, 0.15) is 12.3 Å². The van der Waals surface area contributed by atoms with Crippen LogP contribution in [0, 0.1) is 0 Å². The molecule has 2 N–H and O–H groups in total. The average Bonchev–Trinajstić information content (AvgIpc) is 2.69. The van der Waals surface area contributed by atoms with Crippen molar-refractivity contribution in [2.24, 2.45) is 0 Å². The van der Waals surface area contributed by atoms with E-state index in [1.54, 1.807) is 41.7 Å². The van der Waals surface area contributed by atoms with Gasteiger partial charge >= 0.3 is 6.18 Å². The fraction of sp³-hybridized carbons (Fsp3) is 0.238. The maximum atomic E-state index is 12.3. The van der Waals surface area contributed by atoms with E-state index in [0.717, 1.165) is 17.7 Å². The van der Waals surface area contributed by atoms with Gasteiger partial charge in [-0.2, -0.15) is 13.2 Å². The third kappa shape index (κ3) is 7.69.